The molecule has 130 valence electrons. The van der Waals surface area contributed by atoms with E-state index in [1.54, 1.807) is 0 Å². The molecule has 2 nitrogen and oxygen atoms in total. The zero-order chi connectivity index (χ0) is 17.5. The van der Waals surface area contributed by atoms with Crippen LogP contribution in [0.4, 0.5) is 5.82 Å². The quantitative estimate of drug-likeness (QED) is 0.480. The summed E-state index contributed by atoms with van der Waals surface area (Å²) in [6, 6.07) is 21.4. The molecule has 0 radical (unpaired) electrons. The number of benzene rings is 2. The second-order valence-corrected chi connectivity index (χ2v) is 6.61. The highest BCUT2D eigenvalue weighted by Gasteiger charge is 2.12. The summed E-state index contributed by atoms with van der Waals surface area (Å²) in [4.78, 5) is 7.46. The number of para-hydroxylation sites is 1. The zero-order valence-electron chi connectivity index (χ0n) is 15.4. The van der Waals surface area contributed by atoms with Crippen LogP contribution in [0.25, 0.3) is 22.0 Å². The first-order chi connectivity index (χ1) is 12.3. The van der Waals surface area contributed by atoms with E-state index in [1.165, 1.54) is 42.2 Å². The molecule has 1 aromatic heterocycles. The minimum atomic E-state index is 1.08. The van der Waals surface area contributed by atoms with Gasteiger partial charge in [0.1, 0.15) is 5.82 Å². The largest absolute Gasteiger partial charge is 0.357 e. The highest BCUT2D eigenvalue weighted by molar-refractivity contribution is 5.96. The predicted molar refractivity (Wildman–Crippen MR) is 109 cm³/mol. The highest BCUT2D eigenvalue weighted by atomic mass is 15.2. The minimum Gasteiger partial charge on any atom is -0.357 e. The summed E-state index contributed by atoms with van der Waals surface area (Å²) in [5.74, 6) is 1.11. The van der Waals surface area contributed by atoms with Gasteiger partial charge in [0.25, 0.3) is 0 Å². The summed E-state index contributed by atoms with van der Waals surface area (Å²) >= 11 is 0. The molecule has 25 heavy (non-hydrogen) atoms. The smallest absolute Gasteiger partial charge is 0.129 e. The van der Waals surface area contributed by atoms with E-state index in [1.807, 2.05) is 0 Å². The number of rotatable bonds is 8. The van der Waals surface area contributed by atoms with Crippen molar-refractivity contribution in [3.05, 3.63) is 60.7 Å². The van der Waals surface area contributed by atoms with Crippen molar-refractivity contribution in [2.75, 3.05) is 18.0 Å². The molecule has 0 aliphatic heterocycles. The van der Waals surface area contributed by atoms with Crippen LogP contribution in [0, 0.1) is 0 Å². The third-order valence-corrected chi connectivity index (χ3v) is 4.67. The maximum Gasteiger partial charge on any atom is 0.129 e. The highest BCUT2D eigenvalue weighted by Crippen LogP contribution is 2.31. The van der Waals surface area contributed by atoms with E-state index in [0.29, 0.717) is 0 Å². The fraction of sp³-hybridized carbons (Fsp3) is 0.348. The summed E-state index contributed by atoms with van der Waals surface area (Å²) in [5, 5.41) is 1.23. The van der Waals surface area contributed by atoms with E-state index in [2.05, 4.69) is 79.4 Å². The molecular formula is C23H28N2. The Hall–Kier alpha value is -2.35. The number of hydrogen-bond donors (Lipinski definition) is 0. The van der Waals surface area contributed by atoms with Gasteiger partial charge in [-0.3, -0.25) is 0 Å². The SMILES string of the molecule is CCCCN(CCCC)c1cc(-c2ccccc2)c2ccccc2n1. The Bertz CT molecular complexity index is 788. The Morgan fingerprint density at radius 1 is 0.800 bits per heavy atom. The fourth-order valence-electron chi connectivity index (χ4n) is 3.22. The van der Waals surface area contributed by atoms with E-state index >= 15 is 0 Å². The molecule has 0 aliphatic carbocycles. The fourth-order valence-corrected chi connectivity index (χ4v) is 3.22. The number of pyridine rings is 1. The van der Waals surface area contributed by atoms with Crippen LogP contribution < -0.4 is 4.90 Å². The van der Waals surface area contributed by atoms with Gasteiger partial charge in [0, 0.05) is 18.5 Å². The molecule has 3 aromatic rings. The maximum absolute atomic E-state index is 4.99. The molecule has 2 aromatic carbocycles. The van der Waals surface area contributed by atoms with Crippen LogP contribution in [-0.4, -0.2) is 18.1 Å². The molecule has 0 aliphatic rings. The molecule has 0 N–H and O–H groups in total. The molecule has 0 amide bonds. The van der Waals surface area contributed by atoms with E-state index < -0.39 is 0 Å². The van der Waals surface area contributed by atoms with Crippen molar-refractivity contribution in [3.63, 3.8) is 0 Å². The molecule has 0 spiro atoms. The summed E-state index contributed by atoms with van der Waals surface area (Å²) in [6.07, 6.45) is 4.83. The molecule has 0 saturated carbocycles. The third kappa shape index (κ3) is 4.19. The molecule has 2 heteroatoms. The van der Waals surface area contributed by atoms with Crippen molar-refractivity contribution in [1.29, 1.82) is 0 Å². The van der Waals surface area contributed by atoms with Crippen LogP contribution in [0.3, 0.4) is 0 Å². The molecule has 0 bridgehead atoms. The Labute approximate surface area is 151 Å². The van der Waals surface area contributed by atoms with E-state index in [-0.39, 0.29) is 0 Å². The monoisotopic (exact) mass is 332 g/mol. The second kappa shape index (κ2) is 8.66. The van der Waals surface area contributed by atoms with Crippen LogP contribution in [0.2, 0.25) is 0 Å². The molecule has 0 fully saturated rings. The number of anilines is 1. The standard InChI is InChI=1S/C23H28N2/c1-3-5-16-25(17-6-4-2)23-18-21(19-12-8-7-9-13-19)20-14-10-11-15-22(20)24-23/h7-15,18H,3-6,16-17H2,1-2H3. The van der Waals surface area contributed by atoms with Crippen molar-refractivity contribution >= 4 is 16.7 Å². The molecule has 0 saturated heterocycles. The first-order valence-corrected chi connectivity index (χ1v) is 9.53. The topological polar surface area (TPSA) is 16.1 Å². The minimum absolute atomic E-state index is 1.08. The van der Waals surface area contributed by atoms with Gasteiger partial charge in [0.15, 0.2) is 0 Å². The summed E-state index contributed by atoms with van der Waals surface area (Å²) < 4.78 is 0. The van der Waals surface area contributed by atoms with Gasteiger partial charge in [-0.25, -0.2) is 4.98 Å². The number of aromatic nitrogens is 1. The third-order valence-electron chi connectivity index (χ3n) is 4.67. The molecule has 0 unspecified atom stereocenters. The molecule has 3 rings (SSSR count). The first-order valence-electron chi connectivity index (χ1n) is 9.53. The number of unbranched alkanes of at least 4 members (excludes halogenated alkanes) is 2. The van der Waals surface area contributed by atoms with Crippen LogP contribution in [0.15, 0.2) is 60.7 Å². The summed E-state index contributed by atoms with van der Waals surface area (Å²) in [7, 11) is 0. The number of fused-ring (bicyclic) bond motifs is 1. The normalized spacial score (nSPS) is 11.0. The van der Waals surface area contributed by atoms with E-state index in [9.17, 15) is 0 Å². The van der Waals surface area contributed by atoms with Crippen molar-refractivity contribution in [2.45, 2.75) is 39.5 Å². The average molecular weight is 332 g/mol. The Balaban J connectivity index is 2.08. The average Bonchev–Trinajstić information content (AvgIpc) is 2.68. The summed E-state index contributed by atoms with van der Waals surface area (Å²) in [5.41, 5.74) is 3.62. The predicted octanol–water partition coefficient (Wildman–Crippen LogP) is 6.31. The van der Waals surface area contributed by atoms with Gasteiger partial charge in [-0.1, -0.05) is 75.2 Å². The van der Waals surface area contributed by atoms with Crippen molar-refractivity contribution in [2.24, 2.45) is 0 Å². The zero-order valence-corrected chi connectivity index (χ0v) is 15.4. The lowest BCUT2D eigenvalue weighted by molar-refractivity contribution is 0.672. The molecule has 0 atom stereocenters. The van der Waals surface area contributed by atoms with Gasteiger partial charge in [0.2, 0.25) is 0 Å². The van der Waals surface area contributed by atoms with Crippen molar-refractivity contribution in [1.82, 2.24) is 4.98 Å². The van der Waals surface area contributed by atoms with Gasteiger partial charge < -0.3 is 4.90 Å². The van der Waals surface area contributed by atoms with Crippen LogP contribution in [0.5, 0.6) is 0 Å². The lowest BCUT2D eigenvalue weighted by Gasteiger charge is -2.25. The van der Waals surface area contributed by atoms with Gasteiger partial charge in [-0.2, -0.15) is 0 Å². The van der Waals surface area contributed by atoms with E-state index in [4.69, 9.17) is 4.98 Å². The Kier molecular flexibility index (Phi) is 6.05. The Morgan fingerprint density at radius 2 is 1.44 bits per heavy atom. The van der Waals surface area contributed by atoms with Crippen molar-refractivity contribution in [3.8, 4) is 11.1 Å². The van der Waals surface area contributed by atoms with Crippen molar-refractivity contribution < 1.29 is 0 Å². The molecule has 1 heterocycles. The van der Waals surface area contributed by atoms with Crippen LogP contribution in [-0.2, 0) is 0 Å². The molecular weight excluding hydrogens is 304 g/mol. The summed E-state index contributed by atoms with van der Waals surface area (Å²) in [6.45, 7) is 6.66. The van der Waals surface area contributed by atoms with Gasteiger partial charge in [-0.15, -0.1) is 0 Å². The maximum atomic E-state index is 4.99. The lowest BCUT2D eigenvalue weighted by atomic mass is 10.0. The number of nitrogens with zero attached hydrogens (tertiary/aromatic N) is 2. The first kappa shape index (κ1) is 17.5. The van der Waals surface area contributed by atoms with Crippen LogP contribution >= 0.6 is 0 Å². The van der Waals surface area contributed by atoms with E-state index in [0.717, 1.165) is 24.4 Å². The lowest BCUT2D eigenvalue weighted by Crippen LogP contribution is -2.26. The van der Waals surface area contributed by atoms with Gasteiger partial charge >= 0.3 is 0 Å². The van der Waals surface area contributed by atoms with Gasteiger partial charge in [0.05, 0.1) is 5.52 Å². The number of hydrogen-bond acceptors (Lipinski definition) is 2. The van der Waals surface area contributed by atoms with Crippen LogP contribution in [0.1, 0.15) is 39.5 Å². The van der Waals surface area contributed by atoms with Gasteiger partial charge in [-0.05, 0) is 36.1 Å². The Morgan fingerprint density at radius 3 is 2.12 bits per heavy atom. The second-order valence-electron chi connectivity index (χ2n) is 6.61.